The first-order valence-electron chi connectivity index (χ1n) is 0.516. The molecule has 0 aromatic carbocycles. The summed E-state index contributed by atoms with van der Waals surface area (Å²) in [5.74, 6) is 0. The third-order valence-corrected chi connectivity index (χ3v) is 2.46. The fourth-order valence-corrected chi connectivity index (χ4v) is 0. The van der Waals surface area contributed by atoms with Gasteiger partial charge in [-0.2, -0.15) is 0 Å². The summed E-state index contributed by atoms with van der Waals surface area (Å²) in [6, 6.07) is 0. The monoisotopic (exact) mass is 246 g/mol. The van der Waals surface area contributed by atoms with Crippen molar-refractivity contribution >= 4 is 43.0 Å². The summed E-state index contributed by atoms with van der Waals surface area (Å²) in [5, 5.41) is 0. The molecule has 0 aromatic rings. The zero-order chi connectivity index (χ0) is 3.41. The maximum Gasteiger partial charge on any atom is 0 e. The summed E-state index contributed by atoms with van der Waals surface area (Å²) in [4.78, 5) is 0. The van der Waals surface area contributed by atoms with Crippen molar-refractivity contribution in [3.8, 4) is 0 Å². The Labute approximate surface area is 75.5 Å². The zero-order valence-electron chi connectivity index (χ0n) is 2.32. The molecule has 0 atom stereocenters. The van der Waals surface area contributed by atoms with Gasteiger partial charge in [-0.1, -0.05) is 9.83 Å². The van der Waals surface area contributed by atoms with E-state index in [4.69, 9.17) is 0 Å². The molecule has 0 saturated carbocycles. The van der Waals surface area contributed by atoms with E-state index in [1.54, 1.807) is 0 Å². The Balaban J connectivity index is -0.0000000450. The molecule has 0 fully saturated rings. The molecule has 0 aromatic heterocycles. The van der Waals surface area contributed by atoms with Gasteiger partial charge >= 0.3 is 0 Å². The first kappa shape index (κ1) is 15.8. The SMILES string of the molecule is [Co].[Ni].[S-]SSS. The number of hydrogen-bond acceptors (Lipinski definition) is 4. The Bertz CT molecular complexity index is 9.51. The molecule has 0 rings (SSSR count). The van der Waals surface area contributed by atoms with Gasteiger partial charge in [0.05, 0.1) is 0 Å². The molecule has 45 valence electrons. The Morgan fingerprint density at radius 2 is 1.67 bits per heavy atom. The van der Waals surface area contributed by atoms with Gasteiger partial charge in [-0.25, -0.2) is 0 Å². The van der Waals surface area contributed by atoms with E-state index >= 15 is 0 Å². The van der Waals surface area contributed by atoms with Crippen molar-refractivity contribution in [1.82, 2.24) is 0 Å². The number of hydrogen-bond donors (Lipinski definition) is 1. The molecular weight excluding hydrogens is 246 g/mol. The van der Waals surface area contributed by atoms with E-state index in [0.29, 0.717) is 0 Å². The first-order valence-corrected chi connectivity index (χ1v) is 4.64. The second-order valence-electron chi connectivity index (χ2n) is 0.143. The summed E-state index contributed by atoms with van der Waals surface area (Å²) in [6.45, 7) is 0. The predicted octanol–water partition coefficient (Wildman–Crippen LogP) is 1.67. The van der Waals surface area contributed by atoms with Crippen LogP contribution in [0.5, 0.6) is 0 Å². The van der Waals surface area contributed by atoms with E-state index in [2.05, 4.69) is 23.3 Å². The van der Waals surface area contributed by atoms with Gasteiger partial charge in [-0.05, 0) is 0 Å². The van der Waals surface area contributed by atoms with Crippen molar-refractivity contribution in [3.63, 3.8) is 0 Å². The quantitative estimate of drug-likeness (QED) is 0.324. The minimum absolute atomic E-state index is 0. The molecule has 0 N–H and O–H groups in total. The summed E-state index contributed by atoms with van der Waals surface area (Å²) >= 11 is 8.05. The molecule has 0 amide bonds. The molecule has 0 unspecified atom stereocenters. The van der Waals surface area contributed by atoms with Crippen molar-refractivity contribution in [2.45, 2.75) is 0 Å². The fraction of sp³-hybridized carbons (Fsp3) is 0. The third kappa shape index (κ3) is 16.1. The van der Waals surface area contributed by atoms with Crippen LogP contribution in [0.4, 0.5) is 0 Å². The first-order chi connectivity index (χ1) is 1.91. The smallest absolute Gasteiger partial charge is 0 e. The molecule has 0 aliphatic heterocycles. The van der Waals surface area contributed by atoms with Crippen molar-refractivity contribution in [1.29, 1.82) is 0 Å². The minimum atomic E-state index is 0. The van der Waals surface area contributed by atoms with Crippen LogP contribution >= 0.6 is 31.3 Å². The van der Waals surface area contributed by atoms with Crippen molar-refractivity contribution in [2.24, 2.45) is 0 Å². The minimum Gasteiger partial charge on any atom is -0.706 e. The predicted molar refractivity (Wildman–Crippen MR) is 31.5 cm³/mol. The molecule has 0 spiro atoms. The molecular formula is HCoNiS4-. The van der Waals surface area contributed by atoms with E-state index in [0.717, 1.165) is 0 Å². The maximum absolute atomic E-state index is 4.36. The normalized spacial score (nSPS) is 5.00. The molecule has 1 radical (unpaired) electrons. The Morgan fingerprint density at radius 1 is 1.50 bits per heavy atom. The van der Waals surface area contributed by atoms with Gasteiger partial charge in [0.25, 0.3) is 0 Å². The van der Waals surface area contributed by atoms with Crippen LogP contribution in [0.3, 0.4) is 0 Å². The number of rotatable bonds is 1. The van der Waals surface area contributed by atoms with Gasteiger partial charge in [-0.3, -0.25) is 9.83 Å². The van der Waals surface area contributed by atoms with E-state index in [-0.39, 0.29) is 33.3 Å². The average Bonchev–Trinajstić information content (AvgIpc) is 1.37. The molecule has 6 heavy (non-hydrogen) atoms. The molecule has 0 aliphatic rings. The van der Waals surface area contributed by atoms with Gasteiger partial charge in [-0.15, -0.1) is 11.7 Å². The molecule has 0 saturated heterocycles. The molecule has 0 aliphatic carbocycles. The fourth-order valence-electron chi connectivity index (χ4n) is 0. The van der Waals surface area contributed by atoms with Crippen molar-refractivity contribution < 1.29 is 33.3 Å². The summed E-state index contributed by atoms with van der Waals surface area (Å²) in [7, 11) is 2.50. The molecule has 6 heteroatoms. The van der Waals surface area contributed by atoms with Crippen LogP contribution in [0.2, 0.25) is 0 Å². The number of thiol groups is 1. The van der Waals surface area contributed by atoms with E-state index in [1.165, 1.54) is 19.7 Å². The second kappa shape index (κ2) is 15.7. The summed E-state index contributed by atoms with van der Waals surface area (Å²) in [6.07, 6.45) is 0. The Hall–Kier alpha value is 2.40. The van der Waals surface area contributed by atoms with Gasteiger partial charge in [0, 0.05) is 33.3 Å². The van der Waals surface area contributed by atoms with E-state index in [1.807, 2.05) is 0 Å². The van der Waals surface area contributed by atoms with Crippen molar-refractivity contribution in [3.05, 3.63) is 0 Å². The maximum atomic E-state index is 4.36. The Morgan fingerprint density at radius 3 is 1.67 bits per heavy atom. The van der Waals surface area contributed by atoms with E-state index in [9.17, 15) is 0 Å². The average molecular weight is 247 g/mol. The topological polar surface area (TPSA) is 0 Å². The summed E-state index contributed by atoms with van der Waals surface area (Å²) in [5.41, 5.74) is 0. The van der Waals surface area contributed by atoms with Crippen LogP contribution in [0.15, 0.2) is 0 Å². The van der Waals surface area contributed by atoms with Gasteiger partial charge in [0.1, 0.15) is 0 Å². The van der Waals surface area contributed by atoms with Crippen LogP contribution in [-0.4, -0.2) is 0 Å². The Kier molecular flexibility index (Phi) is 41.2. The van der Waals surface area contributed by atoms with Gasteiger partial charge in [0.15, 0.2) is 0 Å². The van der Waals surface area contributed by atoms with Crippen molar-refractivity contribution in [2.75, 3.05) is 0 Å². The van der Waals surface area contributed by atoms with E-state index < -0.39 is 0 Å². The molecule has 0 bridgehead atoms. The largest absolute Gasteiger partial charge is 0.706 e. The second-order valence-corrected chi connectivity index (χ2v) is 3.85. The van der Waals surface area contributed by atoms with Crippen LogP contribution in [-0.2, 0) is 44.9 Å². The third-order valence-electron chi connectivity index (χ3n) is 0.0304. The molecule has 0 nitrogen and oxygen atoms in total. The standard InChI is InChI=1S/Co.Ni.H2S4/c;;1-3-4-2/h;;1-2H/p-1. The van der Waals surface area contributed by atoms with Crippen LogP contribution < -0.4 is 0 Å². The van der Waals surface area contributed by atoms with Gasteiger partial charge < -0.3 is 11.7 Å². The van der Waals surface area contributed by atoms with Gasteiger partial charge in [0.2, 0.25) is 0 Å². The summed E-state index contributed by atoms with van der Waals surface area (Å²) < 4.78 is 0. The zero-order valence-corrected chi connectivity index (χ0v) is 7.69. The molecule has 0 heterocycles. The van der Waals surface area contributed by atoms with Crippen LogP contribution in [0.25, 0.3) is 0 Å². The van der Waals surface area contributed by atoms with Crippen LogP contribution in [0.1, 0.15) is 0 Å². The van der Waals surface area contributed by atoms with Crippen LogP contribution in [0, 0.1) is 0 Å².